The van der Waals surface area contributed by atoms with Gasteiger partial charge < -0.3 is 4.90 Å². The van der Waals surface area contributed by atoms with Gasteiger partial charge in [-0.1, -0.05) is 80.6 Å². The SMILES string of the molecule is C=C(C)c1cc(Cl)cc2c1N(Cc1ccc(C(F)(F)F)cc1)CC21CC1.C=C(C)c1ccc(C(C)C)cc1. The Morgan fingerprint density at radius 1 is 0.947 bits per heavy atom. The molecule has 0 amide bonds. The molecular formula is C33H35ClF3N. The smallest absolute Gasteiger partial charge is 0.366 e. The topological polar surface area (TPSA) is 3.24 Å². The molecular weight excluding hydrogens is 503 g/mol. The van der Waals surface area contributed by atoms with Gasteiger partial charge in [-0.3, -0.25) is 0 Å². The zero-order valence-electron chi connectivity index (χ0n) is 22.6. The molecule has 38 heavy (non-hydrogen) atoms. The van der Waals surface area contributed by atoms with Crippen molar-refractivity contribution in [1.29, 1.82) is 0 Å². The van der Waals surface area contributed by atoms with Crippen LogP contribution in [0.4, 0.5) is 18.9 Å². The lowest BCUT2D eigenvalue weighted by molar-refractivity contribution is -0.137. The molecule has 1 spiro atoms. The average Bonchev–Trinajstić information content (AvgIpc) is 3.57. The highest BCUT2D eigenvalue weighted by Gasteiger charge is 2.52. The van der Waals surface area contributed by atoms with Crippen molar-refractivity contribution >= 4 is 28.4 Å². The Hall–Kier alpha value is -2.98. The Morgan fingerprint density at radius 2 is 1.55 bits per heavy atom. The normalized spacial score (nSPS) is 15.2. The fourth-order valence-electron chi connectivity index (χ4n) is 5.08. The van der Waals surface area contributed by atoms with E-state index in [1.807, 2.05) is 26.0 Å². The molecule has 0 unspecified atom stereocenters. The van der Waals surface area contributed by atoms with Gasteiger partial charge in [0.05, 0.1) is 5.56 Å². The molecule has 0 bridgehead atoms. The molecule has 5 rings (SSSR count). The van der Waals surface area contributed by atoms with Gasteiger partial charge in [0.2, 0.25) is 0 Å². The number of fused-ring (bicyclic) bond motifs is 2. The van der Waals surface area contributed by atoms with Gasteiger partial charge >= 0.3 is 6.18 Å². The van der Waals surface area contributed by atoms with E-state index < -0.39 is 11.7 Å². The van der Waals surface area contributed by atoms with Crippen molar-refractivity contribution in [1.82, 2.24) is 0 Å². The van der Waals surface area contributed by atoms with Gasteiger partial charge in [0.1, 0.15) is 0 Å². The monoisotopic (exact) mass is 537 g/mol. The summed E-state index contributed by atoms with van der Waals surface area (Å²) < 4.78 is 38.3. The number of benzene rings is 3. The number of allylic oxidation sites excluding steroid dienone is 2. The zero-order chi connectivity index (χ0) is 27.8. The predicted octanol–water partition coefficient (Wildman–Crippen LogP) is 10.3. The van der Waals surface area contributed by atoms with Crippen LogP contribution in [-0.4, -0.2) is 6.54 Å². The molecule has 5 heteroatoms. The third kappa shape index (κ3) is 6.02. The van der Waals surface area contributed by atoms with Gasteiger partial charge in [-0.25, -0.2) is 0 Å². The number of rotatable bonds is 5. The number of hydrogen-bond acceptors (Lipinski definition) is 1. The van der Waals surface area contributed by atoms with E-state index in [1.54, 1.807) is 12.1 Å². The van der Waals surface area contributed by atoms with Crippen LogP contribution in [0, 0.1) is 0 Å². The average molecular weight is 538 g/mol. The van der Waals surface area contributed by atoms with Crippen LogP contribution in [0.15, 0.2) is 73.8 Å². The van der Waals surface area contributed by atoms with E-state index in [0.29, 0.717) is 17.5 Å². The maximum Gasteiger partial charge on any atom is 0.416 e. The van der Waals surface area contributed by atoms with Gasteiger partial charge in [0, 0.05) is 34.8 Å². The summed E-state index contributed by atoms with van der Waals surface area (Å²) in [6.45, 7) is 17.8. The highest BCUT2D eigenvalue weighted by Crippen LogP contribution is 2.58. The minimum atomic E-state index is -4.30. The van der Waals surface area contributed by atoms with Gasteiger partial charge in [-0.05, 0) is 84.7 Å². The Bertz CT molecular complexity index is 1330. The summed E-state index contributed by atoms with van der Waals surface area (Å²) in [6.07, 6.45) is -2.06. The van der Waals surface area contributed by atoms with Gasteiger partial charge in [0.25, 0.3) is 0 Å². The second kappa shape index (κ2) is 10.6. The largest absolute Gasteiger partial charge is 0.416 e. The minimum absolute atomic E-state index is 0.149. The van der Waals surface area contributed by atoms with Crippen molar-refractivity contribution in [2.24, 2.45) is 0 Å². The van der Waals surface area contributed by atoms with Crippen molar-refractivity contribution in [2.45, 2.75) is 64.6 Å². The number of anilines is 1. The molecule has 2 aliphatic rings. The summed E-state index contributed by atoms with van der Waals surface area (Å²) in [5.41, 5.74) is 8.53. The first-order valence-corrected chi connectivity index (χ1v) is 13.4. The molecule has 3 aromatic rings. The molecule has 1 heterocycles. The van der Waals surface area contributed by atoms with E-state index in [9.17, 15) is 13.2 Å². The molecule has 0 N–H and O–H groups in total. The first-order chi connectivity index (χ1) is 17.8. The molecule has 1 aliphatic heterocycles. The molecule has 3 aromatic carbocycles. The molecule has 1 fully saturated rings. The van der Waals surface area contributed by atoms with E-state index in [2.05, 4.69) is 56.2 Å². The predicted molar refractivity (Wildman–Crippen MR) is 155 cm³/mol. The second-order valence-corrected chi connectivity index (χ2v) is 11.5. The molecule has 1 saturated carbocycles. The Balaban J connectivity index is 0.000000236. The fraction of sp³-hybridized carbons (Fsp3) is 0.333. The van der Waals surface area contributed by atoms with Crippen LogP contribution >= 0.6 is 11.6 Å². The summed E-state index contributed by atoms with van der Waals surface area (Å²) in [6, 6.07) is 18.0. The number of nitrogens with zero attached hydrogens (tertiary/aromatic N) is 1. The second-order valence-electron chi connectivity index (χ2n) is 11.0. The first-order valence-electron chi connectivity index (χ1n) is 13.0. The van der Waals surface area contributed by atoms with Crippen molar-refractivity contribution in [2.75, 3.05) is 11.4 Å². The number of halogens is 4. The lowest BCUT2D eigenvalue weighted by Gasteiger charge is -2.23. The van der Waals surface area contributed by atoms with Crippen LogP contribution in [0.2, 0.25) is 5.02 Å². The summed E-state index contributed by atoms with van der Waals surface area (Å²) in [7, 11) is 0. The van der Waals surface area contributed by atoms with E-state index >= 15 is 0 Å². The summed E-state index contributed by atoms with van der Waals surface area (Å²) in [5, 5.41) is 0.712. The Morgan fingerprint density at radius 3 is 2.03 bits per heavy atom. The van der Waals surface area contributed by atoms with E-state index in [-0.39, 0.29) is 5.41 Å². The molecule has 1 aliphatic carbocycles. The van der Waals surface area contributed by atoms with Crippen LogP contribution in [0.25, 0.3) is 11.1 Å². The third-order valence-corrected chi connectivity index (χ3v) is 7.71. The zero-order valence-corrected chi connectivity index (χ0v) is 23.3. The van der Waals surface area contributed by atoms with Crippen molar-refractivity contribution in [3.05, 3.63) is 112 Å². The van der Waals surface area contributed by atoms with Crippen LogP contribution in [-0.2, 0) is 18.1 Å². The van der Waals surface area contributed by atoms with Crippen LogP contribution in [0.5, 0.6) is 0 Å². The summed E-state index contributed by atoms with van der Waals surface area (Å²) in [4.78, 5) is 2.27. The molecule has 0 atom stereocenters. The van der Waals surface area contributed by atoms with Gasteiger partial charge in [0.15, 0.2) is 0 Å². The minimum Gasteiger partial charge on any atom is -0.366 e. The Labute approximate surface area is 229 Å². The number of alkyl halides is 3. The van der Waals surface area contributed by atoms with Crippen LogP contribution in [0.1, 0.15) is 79.8 Å². The van der Waals surface area contributed by atoms with Gasteiger partial charge in [-0.2, -0.15) is 13.2 Å². The van der Waals surface area contributed by atoms with Crippen LogP contribution < -0.4 is 4.90 Å². The summed E-state index contributed by atoms with van der Waals surface area (Å²) >= 11 is 6.33. The maximum absolute atomic E-state index is 12.8. The molecule has 0 radical (unpaired) electrons. The quantitative estimate of drug-likeness (QED) is 0.313. The van der Waals surface area contributed by atoms with E-state index in [0.717, 1.165) is 59.5 Å². The van der Waals surface area contributed by atoms with Crippen molar-refractivity contribution in [3.8, 4) is 0 Å². The fourth-order valence-corrected chi connectivity index (χ4v) is 5.30. The molecule has 200 valence electrons. The third-order valence-electron chi connectivity index (χ3n) is 7.49. The lowest BCUT2D eigenvalue weighted by atomic mass is 9.95. The first kappa shape index (κ1) is 28.0. The number of hydrogen-bond donors (Lipinski definition) is 0. The Kier molecular flexibility index (Phi) is 7.86. The van der Waals surface area contributed by atoms with Crippen molar-refractivity contribution < 1.29 is 13.2 Å². The van der Waals surface area contributed by atoms with Crippen molar-refractivity contribution in [3.63, 3.8) is 0 Å². The van der Waals surface area contributed by atoms with Crippen LogP contribution in [0.3, 0.4) is 0 Å². The maximum atomic E-state index is 12.8. The van der Waals surface area contributed by atoms with E-state index in [4.69, 9.17) is 11.6 Å². The van der Waals surface area contributed by atoms with Gasteiger partial charge in [-0.15, -0.1) is 0 Å². The lowest BCUT2D eigenvalue weighted by Crippen LogP contribution is -2.24. The molecule has 0 aromatic heterocycles. The molecule has 0 saturated heterocycles. The standard InChI is InChI=1S/C21H19ClF3N.C12H16/c1-13(2)17-9-16(22)10-18-19(17)26(12-20(18)7-8-20)11-14-3-5-15(6-4-14)21(23,24)25;1-9(2)11-5-7-12(8-6-11)10(3)4/h3-6,9-10H,1,7-8,11-12H2,2H3;5-8,10H,1H2,2-4H3. The summed E-state index contributed by atoms with van der Waals surface area (Å²) in [5.74, 6) is 0.615. The highest BCUT2D eigenvalue weighted by molar-refractivity contribution is 6.31. The van der Waals surface area contributed by atoms with E-state index in [1.165, 1.54) is 16.7 Å². The highest BCUT2D eigenvalue weighted by atomic mass is 35.5. The molecule has 1 nitrogen and oxygen atoms in total.